The molecule has 0 radical (unpaired) electrons. The molecule has 0 aliphatic heterocycles. The molecule has 1 aromatic carbocycles. The van der Waals surface area contributed by atoms with Crippen molar-refractivity contribution in [1.82, 2.24) is 5.43 Å². The molecule has 2 N–H and O–H groups in total. The van der Waals surface area contributed by atoms with Crippen molar-refractivity contribution in [2.24, 2.45) is 5.10 Å². The van der Waals surface area contributed by atoms with Gasteiger partial charge in [0, 0.05) is 17.0 Å². The summed E-state index contributed by atoms with van der Waals surface area (Å²) in [5.74, 6) is -1.90. The molecule has 9 nitrogen and oxygen atoms in total. The fourth-order valence-electron chi connectivity index (χ4n) is 2.83. The first-order valence-corrected chi connectivity index (χ1v) is 9.24. The maximum absolute atomic E-state index is 12.1. The number of nitrogens with one attached hydrogen (secondary N) is 2. The van der Waals surface area contributed by atoms with Gasteiger partial charge < -0.3 is 5.32 Å². The van der Waals surface area contributed by atoms with E-state index in [9.17, 15) is 25.0 Å². The summed E-state index contributed by atoms with van der Waals surface area (Å²) in [4.78, 5) is 35.2. The standard InChI is InChI=1S/C18H15N5O4S/c19-9-14-13-3-1-2-4-15(13)28-18(14)21-16(24)17(25)22-20-10-11-5-7-12(8-6-11)23(26)27/h5-8,10H,1-4H2,(H,21,24)(H,22,25)/b20-10-. The first-order valence-electron chi connectivity index (χ1n) is 8.43. The third-order valence-electron chi connectivity index (χ3n) is 4.20. The van der Waals surface area contributed by atoms with Gasteiger partial charge in [0.2, 0.25) is 0 Å². The quantitative estimate of drug-likeness (QED) is 0.353. The number of nitro groups is 1. The molecule has 10 heteroatoms. The van der Waals surface area contributed by atoms with Gasteiger partial charge in [-0.3, -0.25) is 19.7 Å². The Morgan fingerprint density at radius 1 is 1.21 bits per heavy atom. The number of amides is 2. The van der Waals surface area contributed by atoms with E-state index in [0.29, 0.717) is 16.1 Å². The highest BCUT2D eigenvalue weighted by Gasteiger charge is 2.23. The van der Waals surface area contributed by atoms with Crippen molar-refractivity contribution >= 4 is 40.1 Å². The molecule has 0 bridgehead atoms. The number of carbonyl (C=O) groups excluding carboxylic acids is 2. The molecular weight excluding hydrogens is 382 g/mol. The number of anilines is 1. The topological polar surface area (TPSA) is 137 Å². The minimum absolute atomic E-state index is 0.0625. The fourth-order valence-corrected chi connectivity index (χ4v) is 4.07. The van der Waals surface area contributed by atoms with Gasteiger partial charge in [0.1, 0.15) is 11.1 Å². The van der Waals surface area contributed by atoms with Crippen molar-refractivity contribution in [3.05, 3.63) is 55.9 Å². The molecule has 1 aliphatic carbocycles. The zero-order chi connectivity index (χ0) is 20.1. The summed E-state index contributed by atoms with van der Waals surface area (Å²) in [7, 11) is 0. The van der Waals surface area contributed by atoms with Gasteiger partial charge in [0.15, 0.2) is 0 Å². The van der Waals surface area contributed by atoms with Crippen LogP contribution in [0.1, 0.15) is 34.4 Å². The second-order valence-corrected chi connectivity index (χ2v) is 7.13. The van der Waals surface area contributed by atoms with Crippen LogP contribution in [0.4, 0.5) is 10.7 Å². The third-order valence-corrected chi connectivity index (χ3v) is 5.41. The van der Waals surface area contributed by atoms with Crippen molar-refractivity contribution in [3.8, 4) is 6.07 Å². The first-order chi connectivity index (χ1) is 13.5. The van der Waals surface area contributed by atoms with Crippen LogP contribution in [-0.4, -0.2) is 23.0 Å². The van der Waals surface area contributed by atoms with Gasteiger partial charge in [-0.2, -0.15) is 10.4 Å². The zero-order valence-corrected chi connectivity index (χ0v) is 15.4. The molecule has 0 saturated heterocycles. The number of rotatable bonds is 4. The highest BCUT2D eigenvalue weighted by Crippen LogP contribution is 2.37. The summed E-state index contributed by atoms with van der Waals surface area (Å²) < 4.78 is 0. The Kier molecular flexibility index (Phi) is 5.76. The van der Waals surface area contributed by atoms with Crippen molar-refractivity contribution < 1.29 is 14.5 Å². The molecule has 3 rings (SSSR count). The van der Waals surface area contributed by atoms with E-state index in [-0.39, 0.29) is 5.69 Å². The van der Waals surface area contributed by atoms with E-state index >= 15 is 0 Å². The molecule has 142 valence electrons. The normalized spacial score (nSPS) is 12.8. The zero-order valence-electron chi connectivity index (χ0n) is 14.6. The maximum Gasteiger partial charge on any atom is 0.329 e. The second-order valence-electron chi connectivity index (χ2n) is 6.03. The molecule has 0 atom stereocenters. The molecular formula is C18H15N5O4S. The Bertz CT molecular complexity index is 1000. The van der Waals surface area contributed by atoms with Crippen LogP contribution in [-0.2, 0) is 22.4 Å². The van der Waals surface area contributed by atoms with Gasteiger partial charge in [-0.05, 0) is 48.9 Å². The number of carbonyl (C=O) groups is 2. The summed E-state index contributed by atoms with van der Waals surface area (Å²) >= 11 is 1.33. The number of hydrogen-bond donors (Lipinski definition) is 2. The lowest BCUT2D eigenvalue weighted by atomic mass is 9.96. The van der Waals surface area contributed by atoms with E-state index in [1.54, 1.807) is 0 Å². The smallest absolute Gasteiger partial charge is 0.308 e. The van der Waals surface area contributed by atoms with E-state index in [1.807, 2.05) is 0 Å². The number of nitriles is 1. The van der Waals surface area contributed by atoms with Crippen molar-refractivity contribution in [1.29, 1.82) is 5.26 Å². The van der Waals surface area contributed by atoms with Gasteiger partial charge in [-0.25, -0.2) is 5.43 Å². The number of nitro benzene ring substituents is 1. The van der Waals surface area contributed by atoms with E-state index in [1.165, 1.54) is 41.8 Å². The molecule has 2 amide bonds. The molecule has 1 aliphatic rings. The van der Waals surface area contributed by atoms with Crippen LogP contribution in [0, 0.1) is 21.4 Å². The lowest BCUT2D eigenvalue weighted by Crippen LogP contribution is -2.32. The minimum Gasteiger partial charge on any atom is -0.308 e. The van der Waals surface area contributed by atoms with Crippen molar-refractivity contribution in [3.63, 3.8) is 0 Å². The number of hydrazone groups is 1. The lowest BCUT2D eigenvalue weighted by molar-refractivity contribution is -0.384. The van der Waals surface area contributed by atoms with Crippen molar-refractivity contribution in [2.75, 3.05) is 5.32 Å². The summed E-state index contributed by atoms with van der Waals surface area (Å²) in [5.41, 5.74) is 3.94. The van der Waals surface area contributed by atoms with Crippen LogP contribution in [0.2, 0.25) is 0 Å². The van der Waals surface area contributed by atoms with Gasteiger partial charge in [0.05, 0.1) is 16.7 Å². The Morgan fingerprint density at radius 2 is 1.93 bits per heavy atom. The predicted octanol–water partition coefficient (Wildman–Crippen LogP) is 2.50. The highest BCUT2D eigenvalue weighted by atomic mass is 32.1. The summed E-state index contributed by atoms with van der Waals surface area (Å²) in [5, 5.41) is 26.5. The van der Waals surface area contributed by atoms with E-state index < -0.39 is 16.7 Å². The largest absolute Gasteiger partial charge is 0.329 e. The number of aryl methyl sites for hydroxylation is 1. The van der Waals surface area contributed by atoms with Crippen LogP contribution in [0.25, 0.3) is 0 Å². The van der Waals surface area contributed by atoms with Crippen LogP contribution in [0.15, 0.2) is 29.4 Å². The number of fused-ring (bicyclic) bond motifs is 1. The molecule has 0 saturated carbocycles. The summed E-state index contributed by atoms with van der Waals surface area (Å²) in [6.45, 7) is 0. The number of non-ortho nitro benzene ring substituents is 1. The molecule has 0 unspecified atom stereocenters. The SMILES string of the molecule is N#Cc1c(NC(=O)C(=O)N/N=C\c2ccc([N+](=O)[O-])cc2)sc2c1CCCC2. The Balaban J connectivity index is 1.61. The fraction of sp³-hybridized carbons (Fsp3) is 0.222. The molecule has 1 aromatic heterocycles. The van der Waals surface area contributed by atoms with Crippen LogP contribution in [0.3, 0.4) is 0 Å². The highest BCUT2D eigenvalue weighted by molar-refractivity contribution is 7.16. The summed E-state index contributed by atoms with van der Waals surface area (Å²) in [6.07, 6.45) is 4.99. The van der Waals surface area contributed by atoms with E-state index in [0.717, 1.165) is 36.1 Å². The first kappa shape index (κ1) is 19.2. The Morgan fingerprint density at radius 3 is 2.61 bits per heavy atom. The third kappa shape index (κ3) is 4.21. The lowest BCUT2D eigenvalue weighted by Gasteiger charge is -2.09. The maximum atomic E-state index is 12.1. The van der Waals surface area contributed by atoms with Crippen molar-refractivity contribution in [2.45, 2.75) is 25.7 Å². The van der Waals surface area contributed by atoms with Crippen LogP contribution in [0.5, 0.6) is 0 Å². The monoisotopic (exact) mass is 397 g/mol. The van der Waals surface area contributed by atoms with Crippen LogP contribution < -0.4 is 10.7 Å². The molecule has 0 spiro atoms. The number of hydrogen-bond acceptors (Lipinski definition) is 7. The van der Waals surface area contributed by atoms with Gasteiger partial charge >= 0.3 is 11.8 Å². The number of thiophene rings is 1. The molecule has 28 heavy (non-hydrogen) atoms. The average molecular weight is 397 g/mol. The average Bonchev–Trinajstić information content (AvgIpc) is 3.05. The molecule has 2 aromatic rings. The van der Waals surface area contributed by atoms with Gasteiger partial charge in [0.25, 0.3) is 5.69 Å². The predicted molar refractivity (Wildman–Crippen MR) is 103 cm³/mol. The Labute approximate surface area is 163 Å². The second kappa shape index (κ2) is 8.41. The van der Waals surface area contributed by atoms with Crippen LogP contribution >= 0.6 is 11.3 Å². The minimum atomic E-state index is -0.978. The molecule has 1 heterocycles. The van der Waals surface area contributed by atoms with E-state index in [4.69, 9.17) is 0 Å². The number of nitrogens with zero attached hydrogens (tertiary/aromatic N) is 3. The number of benzene rings is 1. The summed E-state index contributed by atoms with van der Waals surface area (Å²) in [6, 6.07) is 7.64. The Hall–Kier alpha value is -3.58. The van der Waals surface area contributed by atoms with E-state index in [2.05, 4.69) is 21.9 Å². The van der Waals surface area contributed by atoms with Gasteiger partial charge in [-0.1, -0.05) is 0 Å². The van der Waals surface area contributed by atoms with Gasteiger partial charge in [-0.15, -0.1) is 11.3 Å². The molecule has 0 fully saturated rings.